The summed E-state index contributed by atoms with van der Waals surface area (Å²) in [6, 6.07) is 19.4. The minimum Gasteiger partial charge on any atom is -0.444 e. The molecule has 0 bridgehead atoms. The standard InChI is InChI=1S/C18H26F2N2O2.C13H18F2N2/c1-18(2,3)24-17(23)22-10-9-21(13-15(22)11-16(19)20)12-14-7-5-4-6-8-14;14-13(15)8-12-10-17(7-6-16-12)9-11-4-2-1-3-5-11/h4-8,15-16H,9-13H2,1-3H3;1-5,12-13,16H,6-10H2. The third-order valence-corrected chi connectivity index (χ3v) is 6.95. The molecule has 2 fully saturated rings. The third kappa shape index (κ3) is 12.4. The van der Waals surface area contributed by atoms with Gasteiger partial charge in [0.05, 0.1) is 6.04 Å². The van der Waals surface area contributed by atoms with E-state index in [4.69, 9.17) is 4.74 Å². The molecular formula is C31H44F4N4O2. The van der Waals surface area contributed by atoms with Crippen molar-refractivity contribution in [3.63, 3.8) is 0 Å². The highest BCUT2D eigenvalue weighted by molar-refractivity contribution is 5.68. The maximum atomic E-state index is 13.0. The Morgan fingerprint density at radius 2 is 1.37 bits per heavy atom. The number of ether oxygens (including phenoxy) is 1. The van der Waals surface area contributed by atoms with Gasteiger partial charge in [-0.3, -0.25) is 9.80 Å². The van der Waals surface area contributed by atoms with Gasteiger partial charge in [0, 0.05) is 71.2 Å². The third-order valence-electron chi connectivity index (χ3n) is 6.95. The molecule has 2 unspecified atom stereocenters. The maximum absolute atomic E-state index is 13.0. The molecule has 6 nitrogen and oxygen atoms in total. The van der Waals surface area contributed by atoms with Crippen LogP contribution in [0.15, 0.2) is 60.7 Å². The van der Waals surface area contributed by atoms with Gasteiger partial charge >= 0.3 is 6.09 Å². The zero-order valence-corrected chi connectivity index (χ0v) is 24.3. The topological polar surface area (TPSA) is 48.1 Å². The second kappa shape index (κ2) is 16.1. The summed E-state index contributed by atoms with van der Waals surface area (Å²) in [5.41, 5.74) is 1.75. The zero-order valence-electron chi connectivity index (χ0n) is 24.3. The average molecular weight is 581 g/mol. The van der Waals surface area contributed by atoms with Gasteiger partial charge in [0.2, 0.25) is 12.9 Å². The van der Waals surface area contributed by atoms with Crippen molar-refractivity contribution >= 4 is 6.09 Å². The summed E-state index contributed by atoms with van der Waals surface area (Å²) in [5.74, 6) is 0. The van der Waals surface area contributed by atoms with E-state index in [2.05, 4.69) is 27.2 Å². The van der Waals surface area contributed by atoms with Crippen LogP contribution in [0.3, 0.4) is 0 Å². The maximum Gasteiger partial charge on any atom is 0.410 e. The highest BCUT2D eigenvalue weighted by Gasteiger charge is 2.34. The van der Waals surface area contributed by atoms with Crippen LogP contribution in [0.4, 0.5) is 22.4 Å². The van der Waals surface area contributed by atoms with Crippen molar-refractivity contribution in [2.24, 2.45) is 0 Å². The van der Waals surface area contributed by atoms with Gasteiger partial charge in [-0.2, -0.15) is 0 Å². The Morgan fingerprint density at radius 1 is 0.829 bits per heavy atom. The lowest BCUT2D eigenvalue weighted by Crippen LogP contribution is -2.56. The molecule has 2 heterocycles. The first kappa shape index (κ1) is 32.8. The molecule has 0 aliphatic carbocycles. The lowest BCUT2D eigenvalue weighted by Gasteiger charge is -2.41. The zero-order chi connectivity index (χ0) is 29.8. The number of nitrogens with one attached hydrogen (secondary N) is 1. The number of halogens is 4. The molecule has 0 saturated carbocycles. The number of carbonyl (C=O) groups is 1. The molecule has 1 N–H and O–H groups in total. The van der Waals surface area contributed by atoms with E-state index in [1.165, 1.54) is 10.5 Å². The van der Waals surface area contributed by atoms with Crippen LogP contribution in [0.25, 0.3) is 0 Å². The van der Waals surface area contributed by atoms with Crippen LogP contribution < -0.4 is 5.32 Å². The van der Waals surface area contributed by atoms with E-state index in [1.807, 2.05) is 48.5 Å². The van der Waals surface area contributed by atoms with E-state index >= 15 is 0 Å². The van der Waals surface area contributed by atoms with Gasteiger partial charge < -0.3 is 15.0 Å². The fourth-order valence-corrected chi connectivity index (χ4v) is 5.13. The predicted molar refractivity (Wildman–Crippen MR) is 153 cm³/mol. The SMILES string of the molecule is CC(C)(C)OC(=O)N1CCN(Cc2ccccc2)CC1CC(F)F.FC(F)CC1CN(Cc2ccccc2)CCN1. The second-order valence-electron chi connectivity index (χ2n) is 11.7. The van der Waals surface area contributed by atoms with Crippen molar-refractivity contribution in [1.29, 1.82) is 0 Å². The molecule has 2 aliphatic rings. The minimum absolute atomic E-state index is 0.0503. The molecular weight excluding hydrogens is 536 g/mol. The number of alkyl halides is 4. The van der Waals surface area contributed by atoms with E-state index in [9.17, 15) is 22.4 Å². The van der Waals surface area contributed by atoms with E-state index in [0.29, 0.717) is 32.7 Å². The van der Waals surface area contributed by atoms with Crippen molar-refractivity contribution in [2.45, 2.75) is 77.2 Å². The van der Waals surface area contributed by atoms with Crippen molar-refractivity contribution in [2.75, 3.05) is 39.3 Å². The van der Waals surface area contributed by atoms with E-state index in [1.54, 1.807) is 20.8 Å². The van der Waals surface area contributed by atoms with Crippen LogP contribution in [0.2, 0.25) is 0 Å². The number of hydrogen-bond acceptors (Lipinski definition) is 5. The summed E-state index contributed by atoms with van der Waals surface area (Å²) in [7, 11) is 0. The quantitative estimate of drug-likeness (QED) is 0.396. The fourth-order valence-electron chi connectivity index (χ4n) is 5.13. The summed E-state index contributed by atoms with van der Waals surface area (Å²) in [4.78, 5) is 18.1. The molecule has 0 radical (unpaired) electrons. The number of nitrogens with zero attached hydrogens (tertiary/aromatic N) is 3. The number of carbonyl (C=O) groups excluding carboxylic acids is 1. The normalized spacial score (nSPS) is 20.6. The molecule has 2 aromatic rings. The van der Waals surface area contributed by atoms with Gasteiger partial charge in [-0.05, 0) is 31.9 Å². The second-order valence-corrected chi connectivity index (χ2v) is 11.7. The van der Waals surface area contributed by atoms with Gasteiger partial charge in [0.25, 0.3) is 0 Å². The van der Waals surface area contributed by atoms with Crippen LogP contribution >= 0.6 is 0 Å². The Labute approximate surface area is 241 Å². The Kier molecular flexibility index (Phi) is 12.9. The number of hydrogen-bond donors (Lipinski definition) is 1. The average Bonchev–Trinajstić information content (AvgIpc) is 2.89. The van der Waals surface area contributed by atoms with E-state index in [0.717, 1.165) is 25.2 Å². The number of amides is 1. The van der Waals surface area contributed by atoms with Crippen LogP contribution in [0, 0.1) is 0 Å². The predicted octanol–water partition coefficient (Wildman–Crippen LogP) is 5.88. The number of benzene rings is 2. The van der Waals surface area contributed by atoms with Crippen LogP contribution in [-0.2, 0) is 17.8 Å². The highest BCUT2D eigenvalue weighted by atomic mass is 19.3. The van der Waals surface area contributed by atoms with Crippen molar-refractivity contribution in [1.82, 2.24) is 20.0 Å². The monoisotopic (exact) mass is 580 g/mol. The summed E-state index contributed by atoms with van der Waals surface area (Å²) < 4.78 is 55.9. The molecule has 228 valence electrons. The molecule has 0 aromatic heterocycles. The molecule has 4 rings (SSSR count). The van der Waals surface area contributed by atoms with Gasteiger partial charge in [-0.25, -0.2) is 22.4 Å². The molecule has 1 amide bonds. The van der Waals surface area contributed by atoms with Crippen LogP contribution in [-0.4, -0.2) is 90.6 Å². The van der Waals surface area contributed by atoms with Gasteiger partial charge in [0.15, 0.2) is 0 Å². The Morgan fingerprint density at radius 3 is 1.88 bits per heavy atom. The Bertz CT molecular complexity index is 1020. The lowest BCUT2D eigenvalue weighted by molar-refractivity contribution is -0.0146. The fraction of sp³-hybridized carbons (Fsp3) is 0.581. The summed E-state index contributed by atoms with van der Waals surface area (Å²) in [6.45, 7) is 10.8. The van der Waals surface area contributed by atoms with Gasteiger partial charge in [-0.15, -0.1) is 0 Å². The van der Waals surface area contributed by atoms with E-state index in [-0.39, 0.29) is 18.9 Å². The summed E-state index contributed by atoms with van der Waals surface area (Å²) >= 11 is 0. The Hall–Kier alpha value is -2.69. The molecule has 2 aromatic carbocycles. The molecule has 10 heteroatoms. The first-order chi connectivity index (χ1) is 19.5. The first-order valence-corrected chi connectivity index (χ1v) is 14.3. The van der Waals surface area contributed by atoms with Gasteiger partial charge in [0.1, 0.15) is 5.60 Å². The lowest BCUT2D eigenvalue weighted by atomic mass is 10.1. The van der Waals surface area contributed by atoms with Crippen LogP contribution in [0.1, 0.15) is 44.7 Å². The minimum atomic E-state index is -2.45. The highest BCUT2D eigenvalue weighted by Crippen LogP contribution is 2.21. The number of rotatable bonds is 8. The van der Waals surface area contributed by atoms with Crippen molar-refractivity contribution < 1.29 is 27.1 Å². The molecule has 2 saturated heterocycles. The smallest absolute Gasteiger partial charge is 0.410 e. The van der Waals surface area contributed by atoms with Crippen molar-refractivity contribution in [3.8, 4) is 0 Å². The first-order valence-electron chi connectivity index (χ1n) is 14.3. The molecule has 0 spiro atoms. The van der Waals surface area contributed by atoms with Crippen molar-refractivity contribution in [3.05, 3.63) is 71.8 Å². The molecule has 41 heavy (non-hydrogen) atoms. The summed E-state index contributed by atoms with van der Waals surface area (Å²) in [6.07, 6.45) is -5.55. The largest absolute Gasteiger partial charge is 0.444 e. The van der Waals surface area contributed by atoms with E-state index < -0.39 is 30.6 Å². The summed E-state index contributed by atoms with van der Waals surface area (Å²) in [5, 5.41) is 3.14. The Balaban J connectivity index is 0.000000239. The van der Waals surface area contributed by atoms with Gasteiger partial charge in [-0.1, -0.05) is 60.7 Å². The molecule has 2 atom stereocenters. The molecule has 2 aliphatic heterocycles. The van der Waals surface area contributed by atoms with Crippen LogP contribution in [0.5, 0.6) is 0 Å². The number of piperazine rings is 2.